The summed E-state index contributed by atoms with van der Waals surface area (Å²) in [6.45, 7) is -2.86. The van der Waals surface area contributed by atoms with Gasteiger partial charge in [-0.05, 0) is 42.0 Å². The van der Waals surface area contributed by atoms with E-state index in [1.54, 1.807) is 23.6 Å². The van der Waals surface area contributed by atoms with Crippen LogP contribution in [-0.2, 0) is 0 Å². The summed E-state index contributed by atoms with van der Waals surface area (Å²) in [5.74, 6) is 1.25. The molecule has 8 nitrogen and oxygen atoms in total. The summed E-state index contributed by atoms with van der Waals surface area (Å²) in [5, 5.41) is 18.2. The van der Waals surface area contributed by atoms with E-state index in [1.807, 2.05) is 24.3 Å². The van der Waals surface area contributed by atoms with Gasteiger partial charge in [0.2, 0.25) is 5.88 Å². The van der Waals surface area contributed by atoms with Crippen LogP contribution >= 0.6 is 0 Å². The third-order valence-corrected chi connectivity index (χ3v) is 4.84. The maximum absolute atomic E-state index is 12.4. The van der Waals surface area contributed by atoms with Gasteiger partial charge in [-0.2, -0.15) is 8.78 Å². The van der Waals surface area contributed by atoms with Gasteiger partial charge in [0.05, 0.1) is 32.7 Å². The lowest BCUT2D eigenvalue weighted by molar-refractivity contribution is -0.0498. The minimum Gasteiger partial charge on any atom is -0.497 e. The number of aliphatic hydroxyl groups excluding tert-OH is 1. The van der Waals surface area contributed by atoms with Crippen LogP contribution in [0, 0.1) is 0 Å². The minimum atomic E-state index is -2.90. The van der Waals surface area contributed by atoms with Crippen molar-refractivity contribution in [2.24, 2.45) is 0 Å². The van der Waals surface area contributed by atoms with Crippen LogP contribution in [0.1, 0.15) is 11.5 Å². The average Bonchev–Trinajstić information content (AvgIpc) is 3.25. The van der Waals surface area contributed by atoms with E-state index in [0.29, 0.717) is 28.7 Å². The van der Waals surface area contributed by atoms with Crippen LogP contribution in [-0.4, -0.2) is 51.6 Å². The molecule has 0 aliphatic carbocycles. The number of benzene rings is 2. The third-order valence-electron chi connectivity index (χ3n) is 4.84. The summed E-state index contributed by atoms with van der Waals surface area (Å²) in [4.78, 5) is 4.14. The highest BCUT2D eigenvalue weighted by molar-refractivity contribution is 5.61. The number of hydrogen-bond acceptors (Lipinski definition) is 7. The van der Waals surface area contributed by atoms with E-state index in [-0.39, 0.29) is 24.9 Å². The number of alkyl halides is 2. The number of aliphatic hydroxyl groups is 1. The Kier molecular flexibility index (Phi) is 6.41. The van der Waals surface area contributed by atoms with E-state index in [0.717, 1.165) is 5.56 Å². The highest BCUT2D eigenvalue weighted by atomic mass is 19.3. The molecule has 1 unspecified atom stereocenters. The van der Waals surface area contributed by atoms with Gasteiger partial charge in [-0.3, -0.25) is 4.98 Å². The molecule has 10 heteroatoms. The van der Waals surface area contributed by atoms with Crippen molar-refractivity contribution in [2.75, 3.05) is 20.3 Å². The van der Waals surface area contributed by atoms with E-state index >= 15 is 0 Å². The van der Waals surface area contributed by atoms with Gasteiger partial charge in [-0.1, -0.05) is 12.1 Å². The molecule has 0 amide bonds. The summed E-state index contributed by atoms with van der Waals surface area (Å²) in [5.41, 5.74) is 1.94. The van der Waals surface area contributed by atoms with Gasteiger partial charge in [0.25, 0.3) is 0 Å². The van der Waals surface area contributed by atoms with E-state index in [9.17, 15) is 13.9 Å². The third kappa shape index (κ3) is 4.59. The maximum Gasteiger partial charge on any atom is 0.387 e. The number of fused-ring (bicyclic) bond motifs is 1. The van der Waals surface area contributed by atoms with Crippen molar-refractivity contribution < 1.29 is 28.1 Å². The van der Waals surface area contributed by atoms with Crippen LogP contribution in [0.4, 0.5) is 8.78 Å². The first-order valence-electron chi connectivity index (χ1n) is 9.71. The summed E-state index contributed by atoms with van der Waals surface area (Å²) >= 11 is 0. The predicted octanol–water partition coefficient (Wildman–Crippen LogP) is 3.56. The fourth-order valence-corrected chi connectivity index (χ4v) is 3.23. The molecular weight excluding hydrogens is 422 g/mol. The van der Waals surface area contributed by atoms with Crippen molar-refractivity contribution in [3.8, 4) is 28.8 Å². The number of aromatic nitrogens is 4. The smallest absolute Gasteiger partial charge is 0.387 e. The molecule has 1 N–H and O–H groups in total. The molecule has 0 fully saturated rings. The molecule has 4 aromatic rings. The molecule has 0 aliphatic rings. The zero-order chi connectivity index (χ0) is 22.5. The Morgan fingerprint density at radius 1 is 1.03 bits per heavy atom. The molecule has 4 rings (SSSR count). The van der Waals surface area contributed by atoms with Gasteiger partial charge in [-0.15, -0.1) is 10.2 Å². The number of ether oxygens (including phenoxy) is 3. The van der Waals surface area contributed by atoms with Crippen LogP contribution in [0.25, 0.3) is 17.0 Å². The Morgan fingerprint density at radius 2 is 1.84 bits per heavy atom. The largest absolute Gasteiger partial charge is 0.497 e. The zero-order valence-electron chi connectivity index (χ0n) is 17.1. The molecule has 2 aromatic heterocycles. The van der Waals surface area contributed by atoms with E-state index in [1.165, 1.54) is 24.5 Å². The molecule has 166 valence electrons. The first-order chi connectivity index (χ1) is 15.6. The van der Waals surface area contributed by atoms with Crippen LogP contribution in [0.3, 0.4) is 0 Å². The summed E-state index contributed by atoms with van der Waals surface area (Å²) in [6.07, 6.45) is 3.05. The number of hydrogen-bond donors (Lipinski definition) is 1. The second-order valence-corrected chi connectivity index (χ2v) is 6.83. The van der Waals surface area contributed by atoms with Crippen molar-refractivity contribution >= 4 is 5.65 Å². The van der Waals surface area contributed by atoms with Crippen molar-refractivity contribution in [2.45, 2.75) is 12.5 Å². The number of methoxy groups -OCH3 is 1. The predicted molar refractivity (Wildman–Crippen MR) is 111 cm³/mol. The van der Waals surface area contributed by atoms with Crippen LogP contribution in [0.2, 0.25) is 0 Å². The standard InChI is InChI=1S/C22H20F2N4O4/c1-30-18-4-2-3-15(9-18)16(12-29)13-31-20-11-25-10-19-26-27-21(28(19)20)14-5-7-17(8-6-14)32-22(23)24/h2-11,16,22,29H,12-13H2,1H3. The maximum atomic E-state index is 12.4. The lowest BCUT2D eigenvalue weighted by atomic mass is 10.0. The summed E-state index contributed by atoms with van der Waals surface area (Å²) < 4.78 is 42.1. The molecule has 0 aliphatic heterocycles. The quantitative estimate of drug-likeness (QED) is 0.424. The van der Waals surface area contributed by atoms with Gasteiger partial charge >= 0.3 is 6.61 Å². The molecule has 0 spiro atoms. The van der Waals surface area contributed by atoms with Crippen molar-refractivity contribution in [1.82, 2.24) is 19.6 Å². The topological polar surface area (TPSA) is 91.0 Å². The monoisotopic (exact) mass is 442 g/mol. The van der Waals surface area contributed by atoms with Crippen LogP contribution in [0.15, 0.2) is 60.9 Å². The van der Waals surface area contributed by atoms with E-state index in [2.05, 4.69) is 19.9 Å². The number of rotatable bonds is 9. The molecular formula is C22H20F2N4O4. The Balaban J connectivity index is 1.60. The van der Waals surface area contributed by atoms with E-state index < -0.39 is 6.61 Å². The molecule has 1 atom stereocenters. The Labute approximate surface area is 182 Å². The molecule has 0 saturated heterocycles. The van der Waals surface area contributed by atoms with Gasteiger partial charge in [0, 0.05) is 11.5 Å². The second kappa shape index (κ2) is 9.56. The summed E-state index contributed by atoms with van der Waals surface area (Å²) in [6, 6.07) is 13.5. The first-order valence-corrected chi connectivity index (χ1v) is 9.71. The van der Waals surface area contributed by atoms with Crippen molar-refractivity contribution in [3.05, 3.63) is 66.5 Å². The fraction of sp³-hybridized carbons (Fsp3) is 0.227. The molecule has 0 bridgehead atoms. The highest BCUT2D eigenvalue weighted by Gasteiger charge is 2.17. The van der Waals surface area contributed by atoms with Gasteiger partial charge < -0.3 is 19.3 Å². The SMILES string of the molecule is COc1cccc(C(CO)COc2cncc3nnc(-c4ccc(OC(F)F)cc4)n23)c1. The molecule has 32 heavy (non-hydrogen) atoms. The van der Waals surface area contributed by atoms with Crippen LogP contribution < -0.4 is 14.2 Å². The Hall–Kier alpha value is -3.79. The molecule has 2 aromatic carbocycles. The van der Waals surface area contributed by atoms with Crippen LogP contribution in [0.5, 0.6) is 17.4 Å². The number of nitrogens with zero attached hydrogens (tertiary/aromatic N) is 4. The summed E-state index contributed by atoms with van der Waals surface area (Å²) in [7, 11) is 1.58. The molecule has 0 saturated carbocycles. The Bertz CT molecular complexity index is 1180. The van der Waals surface area contributed by atoms with Crippen molar-refractivity contribution in [3.63, 3.8) is 0 Å². The lowest BCUT2D eigenvalue weighted by Crippen LogP contribution is -2.15. The molecule has 0 radical (unpaired) electrons. The molecule has 2 heterocycles. The lowest BCUT2D eigenvalue weighted by Gasteiger charge is -2.17. The van der Waals surface area contributed by atoms with Crippen molar-refractivity contribution in [1.29, 1.82) is 0 Å². The zero-order valence-corrected chi connectivity index (χ0v) is 17.1. The van der Waals surface area contributed by atoms with Gasteiger partial charge in [0.15, 0.2) is 11.5 Å². The normalized spacial score (nSPS) is 12.2. The van der Waals surface area contributed by atoms with E-state index in [4.69, 9.17) is 9.47 Å². The van der Waals surface area contributed by atoms with Gasteiger partial charge in [0.1, 0.15) is 11.5 Å². The minimum absolute atomic E-state index is 0.0415. The Morgan fingerprint density at radius 3 is 2.56 bits per heavy atom. The average molecular weight is 442 g/mol. The second-order valence-electron chi connectivity index (χ2n) is 6.83. The highest BCUT2D eigenvalue weighted by Crippen LogP contribution is 2.27. The number of halogens is 2. The first kappa shape index (κ1) is 21.4. The fourth-order valence-electron chi connectivity index (χ4n) is 3.23. The van der Waals surface area contributed by atoms with Gasteiger partial charge in [-0.25, -0.2) is 4.40 Å².